The summed E-state index contributed by atoms with van der Waals surface area (Å²) in [7, 11) is 0. The van der Waals surface area contributed by atoms with Crippen molar-refractivity contribution in [3.8, 4) is 0 Å². The zero-order chi connectivity index (χ0) is 38.4. The second-order valence-electron chi connectivity index (χ2n) is 17.9. The van der Waals surface area contributed by atoms with E-state index in [9.17, 15) is 30.0 Å². The lowest BCUT2D eigenvalue weighted by atomic mass is 9.43. The normalized spacial score (nSPS) is 39.4. The standard InChI is InChI=1S/C40H62N6O8/c1-22(26-9-10-27-34-28(18-31(50)40(26,27)3)39(2)13-12-24(47)15-23(39)16-29(34)48)8-11-32(51)42-14-6-4-5-7-33(52)53-19-25-17-30(49)38(54-25)46-21-45-35-36(41)43-20-44-37(35)46/h20-31,34,38,47-50H,4-19H2,1-3H3,(H,42,51)(H2,41,43,44)/t22-,23+,24-,25+,26-,27+,28+,29-,30-,31+,34+,38-,39+,40-/m1/s1. The molecule has 2 aromatic heterocycles. The first-order valence-electron chi connectivity index (χ1n) is 20.5. The fraction of sp³-hybridized carbons (Fsp3) is 0.825. The van der Waals surface area contributed by atoms with Crippen molar-refractivity contribution in [1.29, 1.82) is 0 Å². The molecule has 3 heterocycles. The number of nitrogen functional groups attached to an aromatic ring is 1. The zero-order valence-electron chi connectivity index (χ0n) is 32.2. The Morgan fingerprint density at radius 3 is 2.63 bits per heavy atom. The van der Waals surface area contributed by atoms with Crippen LogP contribution in [0.5, 0.6) is 0 Å². The van der Waals surface area contributed by atoms with Crippen molar-refractivity contribution in [3.05, 3.63) is 12.7 Å². The van der Waals surface area contributed by atoms with E-state index < -0.39 is 24.5 Å². The summed E-state index contributed by atoms with van der Waals surface area (Å²) in [6, 6.07) is 0. The number of anilines is 1. The number of rotatable bonds is 13. The molecule has 2 aromatic rings. The van der Waals surface area contributed by atoms with Crippen molar-refractivity contribution >= 4 is 28.9 Å². The van der Waals surface area contributed by atoms with Gasteiger partial charge in [0.2, 0.25) is 5.91 Å². The molecule has 4 saturated carbocycles. The van der Waals surface area contributed by atoms with E-state index in [-0.39, 0.29) is 77.4 Å². The Morgan fingerprint density at radius 2 is 1.81 bits per heavy atom. The van der Waals surface area contributed by atoms with Gasteiger partial charge < -0.3 is 41.0 Å². The minimum Gasteiger partial charge on any atom is -0.463 e. The molecule has 14 heteroatoms. The molecule has 7 rings (SSSR count). The maximum atomic E-state index is 12.8. The summed E-state index contributed by atoms with van der Waals surface area (Å²) in [6.45, 7) is 7.44. The van der Waals surface area contributed by atoms with Gasteiger partial charge in [-0.25, -0.2) is 15.0 Å². The molecule has 0 aromatic carbocycles. The molecule has 7 N–H and O–H groups in total. The summed E-state index contributed by atoms with van der Waals surface area (Å²) < 4.78 is 13.0. The monoisotopic (exact) mass is 754 g/mol. The third-order valence-corrected chi connectivity index (χ3v) is 15.0. The second kappa shape index (κ2) is 15.9. The molecule has 54 heavy (non-hydrogen) atoms. The minimum absolute atomic E-state index is 0.0306. The van der Waals surface area contributed by atoms with E-state index in [2.05, 4.69) is 41.0 Å². The number of nitrogens with one attached hydrogen (secondary N) is 1. The Kier molecular flexibility index (Phi) is 11.6. The van der Waals surface area contributed by atoms with Gasteiger partial charge in [0.1, 0.15) is 24.6 Å². The minimum atomic E-state index is -0.825. The molecule has 14 atom stereocenters. The average molecular weight is 755 g/mol. The summed E-state index contributed by atoms with van der Waals surface area (Å²) in [4.78, 5) is 37.6. The molecular weight excluding hydrogens is 692 g/mol. The van der Waals surface area contributed by atoms with Crippen molar-refractivity contribution in [2.24, 2.45) is 46.3 Å². The van der Waals surface area contributed by atoms with Crippen LogP contribution in [-0.4, -0.2) is 95.5 Å². The Balaban J connectivity index is 0.785. The van der Waals surface area contributed by atoms with E-state index in [1.165, 1.54) is 12.7 Å². The smallest absolute Gasteiger partial charge is 0.305 e. The lowest BCUT2D eigenvalue weighted by molar-refractivity contribution is -0.207. The Bertz CT molecular complexity index is 1640. The zero-order valence-corrected chi connectivity index (χ0v) is 32.2. The van der Waals surface area contributed by atoms with Gasteiger partial charge in [-0.1, -0.05) is 27.2 Å². The highest BCUT2D eigenvalue weighted by atomic mass is 16.6. The summed E-state index contributed by atoms with van der Waals surface area (Å²) in [5, 5.41) is 47.4. The van der Waals surface area contributed by atoms with Gasteiger partial charge in [0, 0.05) is 25.8 Å². The number of aromatic nitrogens is 4. The molecule has 0 bridgehead atoms. The van der Waals surface area contributed by atoms with Gasteiger partial charge in [-0.05, 0) is 111 Å². The van der Waals surface area contributed by atoms with Crippen molar-refractivity contribution < 1.29 is 39.5 Å². The summed E-state index contributed by atoms with van der Waals surface area (Å²) in [6.07, 6.45) is 9.73. The number of hydrogen-bond acceptors (Lipinski definition) is 12. The average Bonchev–Trinajstić information content (AvgIpc) is 3.84. The first-order chi connectivity index (χ1) is 25.8. The number of aliphatic hydroxyl groups is 4. The number of nitrogens with two attached hydrogens (primary N) is 1. The van der Waals surface area contributed by atoms with Crippen LogP contribution in [0.15, 0.2) is 12.7 Å². The van der Waals surface area contributed by atoms with Crippen molar-refractivity contribution in [2.45, 2.75) is 147 Å². The SMILES string of the molecule is C[C@H](CCC(=O)NCCCCCC(=O)OC[C@@H]1C[C@@H](O)[C@H](n2cnc3c(N)ncnc32)O1)[C@H]1CC[C@H]2[C@@H]3[C@H](O)C[C@@H]4C[C@H](O)CC[C@]4(C)[C@H]3C[C@H](O)[C@]12C. The Labute approximate surface area is 318 Å². The van der Waals surface area contributed by atoms with Crippen LogP contribution in [-0.2, 0) is 19.1 Å². The molecule has 1 saturated heterocycles. The van der Waals surface area contributed by atoms with Gasteiger partial charge in [-0.15, -0.1) is 0 Å². The van der Waals surface area contributed by atoms with Gasteiger partial charge in [0.15, 0.2) is 17.7 Å². The predicted octanol–water partition coefficient (Wildman–Crippen LogP) is 3.65. The highest BCUT2D eigenvalue weighted by Crippen LogP contribution is 2.68. The van der Waals surface area contributed by atoms with Gasteiger partial charge in [-0.2, -0.15) is 0 Å². The molecular formula is C40H62N6O8. The predicted molar refractivity (Wildman–Crippen MR) is 199 cm³/mol. The van der Waals surface area contributed by atoms with E-state index in [1.54, 1.807) is 4.57 Å². The molecule has 0 radical (unpaired) electrons. The van der Waals surface area contributed by atoms with Gasteiger partial charge in [0.25, 0.3) is 0 Å². The number of unbranched alkanes of at least 4 members (excludes halogenated alkanes) is 2. The highest BCUT2D eigenvalue weighted by Gasteiger charge is 2.65. The number of carbonyl (C=O) groups is 2. The number of nitrogens with zero attached hydrogens (tertiary/aromatic N) is 4. The number of imidazole rings is 1. The quantitative estimate of drug-likeness (QED) is 0.128. The fourth-order valence-corrected chi connectivity index (χ4v) is 12.0. The number of esters is 1. The molecule has 5 fully saturated rings. The van der Waals surface area contributed by atoms with Crippen LogP contribution < -0.4 is 11.1 Å². The molecule has 0 spiro atoms. The van der Waals surface area contributed by atoms with Gasteiger partial charge in [-0.3, -0.25) is 14.2 Å². The summed E-state index contributed by atoms with van der Waals surface area (Å²) in [5.41, 5.74) is 6.54. The van der Waals surface area contributed by atoms with Crippen LogP contribution in [0, 0.1) is 46.3 Å². The van der Waals surface area contributed by atoms with E-state index in [1.807, 2.05) is 0 Å². The van der Waals surface area contributed by atoms with Gasteiger partial charge >= 0.3 is 5.97 Å². The third kappa shape index (κ3) is 7.37. The molecule has 1 aliphatic heterocycles. The fourth-order valence-electron chi connectivity index (χ4n) is 12.0. The molecule has 4 aliphatic carbocycles. The Morgan fingerprint density at radius 1 is 1.00 bits per heavy atom. The molecule has 14 nitrogen and oxygen atoms in total. The summed E-state index contributed by atoms with van der Waals surface area (Å²) in [5.74, 6) is 1.57. The van der Waals surface area contributed by atoms with E-state index in [4.69, 9.17) is 15.2 Å². The lowest BCUT2D eigenvalue weighted by Gasteiger charge is -2.63. The molecule has 300 valence electrons. The van der Waals surface area contributed by atoms with Crippen molar-refractivity contribution in [1.82, 2.24) is 24.8 Å². The van der Waals surface area contributed by atoms with Crippen LogP contribution >= 0.6 is 0 Å². The maximum Gasteiger partial charge on any atom is 0.305 e. The number of aliphatic hydroxyl groups excluding tert-OH is 4. The number of carbonyl (C=O) groups excluding carboxylic acids is 2. The number of fused-ring (bicyclic) bond motifs is 6. The number of hydrogen-bond donors (Lipinski definition) is 6. The molecule has 5 aliphatic rings. The Hall–Kier alpha value is -2.91. The number of amides is 1. The van der Waals surface area contributed by atoms with Crippen LogP contribution in [0.25, 0.3) is 11.2 Å². The topological polar surface area (TPSA) is 215 Å². The molecule has 0 unspecified atom stereocenters. The van der Waals surface area contributed by atoms with E-state index in [0.717, 1.165) is 64.2 Å². The maximum absolute atomic E-state index is 12.8. The summed E-state index contributed by atoms with van der Waals surface area (Å²) >= 11 is 0. The van der Waals surface area contributed by atoms with E-state index in [0.29, 0.717) is 48.8 Å². The van der Waals surface area contributed by atoms with Crippen molar-refractivity contribution in [2.75, 3.05) is 18.9 Å². The van der Waals surface area contributed by atoms with Crippen LogP contribution in [0.2, 0.25) is 0 Å². The van der Waals surface area contributed by atoms with Gasteiger partial charge in [0.05, 0.1) is 30.7 Å². The first kappa shape index (κ1) is 39.3. The molecule has 1 amide bonds. The first-order valence-corrected chi connectivity index (χ1v) is 20.5. The van der Waals surface area contributed by atoms with Crippen LogP contribution in [0.1, 0.15) is 117 Å². The lowest BCUT2D eigenvalue weighted by Crippen LogP contribution is -2.62. The largest absolute Gasteiger partial charge is 0.463 e. The highest BCUT2D eigenvalue weighted by molar-refractivity contribution is 5.81. The van der Waals surface area contributed by atoms with E-state index >= 15 is 0 Å². The number of ether oxygens (including phenoxy) is 2. The van der Waals surface area contributed by atoms with Crippen molar-refractivity contribution in [3.63, 3.8) is 0 Å². The second-order valence-corrected chi connectivity index (χ2v) is 17.9. The van der Waals surface area contributed by atoms with Crippen LogP contribution in [0.3, 0.4) is 0 Å². The van der Waals surface area contributed by atoms with Crippen LogP contribution in [0.4, 0.5) is 5.82 Å². The third-order valence-electron chi connectivity index (χ3n) is 15.0.